The Morgan fingerprint density at radius 1 is 0.667 bits per heavy atom. The monoisotopic (exact) mass is 456 g/mol. The van der Waals surface area contributed by atoms with Crippen LogP contribution in [0.5, 0.6) is 0 Å². The molecule has 0 bridgehead atoms. The van der Waals surface area contributed by atoms with E-state index in [9.17, 15) is 55.3 Å². The Labute approximate surface area is 166 Å². The lowest BCUT2D eigenvalue weighted by atomic mass is 9.80. The van der Waals surface area contributed by atoms with E-state index in [-0.39, 0.29) is 0 Å². The number of carboxylic acid groups (broad SMARTS) is 2. The summed E-state index contributed by atoms with van der Waals surface area (Å²) in [5.74, 6) is -7.33. The summed E-state index contributed by atoms with van der Waals surface area (Å²) < 4.78 is 66.6. The molecule has 0 atom stereocenters. The minimum atomic E-state index is -5.79. The first-order valence-electron chi connectivity index (χ1n) is 7.53. The summed E-state index contributed by atoms with van der Waals surface area (Å²) in [6.07, 6.45) is 0. The fraction of sp³-hybridized carbons (Fsp3) is 0. The molecule has 1 aliphatic rings. The Morgan fingerprint density at radius 3 is 1.43 bits per heavy atom. The van der Waals surface area contributed by atoms with Crippen LogP contribution in [-0.4, -0.2) is 59.7 Å². The highest BCUT2D eigenvalue weighted by molar-refractivity contribution is 7.87. The van der Waals surface area contributed by atoms with Gasteiger partial charge in [0.15, 0.2) is 11.6 Å². The van der Waals surface area contributed by atoms with E-state index in [1.54, 1.807) is 0 Å². The lowest BCUT2D eigenvalue weighted by molar-refractivity contribution is 0.0680. The van der Waals surface area contributed by atoms with Crippen molar-refractivity contribution < 1.29 is 55.3 Å². The molecule has 0 aliphatic heterocycles. The number of fused-ring (bicyclic) bond motifs is 2. The summed E-state index contributed by atoms with van der Waals surface area (Å²) in [6, 6.07) is 4.67. The molecular weight excluding hydrogens is 448 g/mol. The number of rotatable bonds is 4. The Kier molecular flexibility index (Phi) is 4.62. The van der Waals surface area contributed by atoms with Gasteiger partial charge in [0.1, 0.15) is 15.4 Å². The van der Waals surface area contributed by atoms with Crippen molar-refractivity contribution in [2.24, 2.45) is 0 Å². The second kappa shape index (κ2) is 6.53. The van der Waals surface area contributed by atoms with Gasteiger partial charge in [0.05, 0.1) is 16.7 Å². The second-order valence-electron chi connectivity index (χ2n) is 5.92. The van der Waals surface area contributed by atoms with Crippen molar-refractivity contribution in [3.63, 3.8) is 0 Å². The molecule has 0 aromatic heterocycles. The van der Waals surface area contributed by atoms with Gasteiger partial charge in [-0.05, 0) is 0 Å². The molecular formula is C16H8O12S2. The number of carbonyl (C=O) groups is 4. The highest BCUT2D eigenvalue weighted by Gasteiger charge is 2.46. The van der Waals surface area contributed by atoms with Crippen molar-refractivity contribution in [1.82, 2.24) is 0 Å². The van der Waals surface area contributed by atoms with E-state index < -0.39 is 86.9 Å². The van der Waals surface area contributed by atoms with Gasteiger partial charge in [0.25, 0.3) is 20.2 Å². The van der Waals surface area contributed by atoms with Crippen molar-refractivity contribution >= 4 is 43.7 Å². The molecule has 0 unspecified atom stereocenters. The molecule has 156 valence electrons. The van der Waals surface area contributed by atoms with E-state index in [4.69, 9.17) is 0 Å². The third-order valence-electron chi connectivity index (χ3n) is 4.22. The zero-order valence-electron chi connectivity index (χ0n) is 14.2. The highest BCUT2D eigenvalue weighted by atomic mass is 32.2. The van der Waals surface area contributed by atoms with Crippen LogP contribution in [-0.2, 0) is 20.2 Å². The Balaban J connectivity index is 2.80. The van der Waals surface area contributed by atoms with E-state index in [0.717, 1.165) is 12.1 Å². The van der Waals surface area contributed by atoms with Gasteiger partial charge in [-0.1, -0.05) is 24.3 Å². The maximum atomic E-state index is 12.9. The molecule has 0 fully saturated rings. The zero-order valence-corrected chi connectivity index (χ0v) is 15.8. The number of benzene rings is 2. The van der Waals surface area contributed by atoms with Crippen LogP contribution >= 0.6 is 0 Å². The van der Waals surface area contributed by atoms with Crippen LogP contribution in [0.1, 0.15) is 52.6 Å². The van der Waals surface area contributed by atoms with E-state index in [2.05, 4.69) is 0 Å². The van der Waals surface area contributed by atoms with Crippen LogP contribution < -0.4 is 0 Å². The lowest BCUT2D eigenvalue weighted by Gasteiger charge is -2.23. The normalized spacial score (nSPS) is 13.5. The maximum absolute atomic E-state index is 12.9. The summed E-state index contributed by atoms with van der Waals surface area (Å²) >= 11 is 0. The first kappa shape index (κ1) is 21.3. The zero-order chi connectivity index (χ0) is 22.8. The SMILES string of the molecule is O=C1c2ccccc2C(=O)c2c1c(C(=O)O)c(S(=O)(=O)O)c(C(=O)O)c2S(=O)(=O)O. The van der Waals surface area contributed by atoms with E-state index in [1.165, 1.54) is 12.1 Å². The summed E-state index contributed by atoms with van der Waals surface area (Å²) in [5.41, 5.74) is -7.00. The fourth-order valence-electron chi connectivity index (χ4n) is 3.21. The number of ketones is 2. The van der Waals surface area contributed by atoms with Crippen molar-refractivity contribution in [2.45, 2.75) is 9.79 Å². The molecule has 14 heteroatoms. The first-order chi connectivity index (χ1) is 13.7. The highest BCUT2D eigenvalue weighted by Crippen LogP contribution is 2.40. The number of hydrogen-bond acceptors (Lipinski definition) is 8. The smallest absolute Gasteiger partial charge is 0.338 e. The van der Waals surface area contributed by atoms with E-state index >= 15 is 0 Å². The van der Waals surface area contributed by atoms with Crippen LogP contribution in [0.25, 0.3) is 0 Å². The van der Waals surface area contributed by atoms with Gasteiger partial charge >= 0.3 is 11.9 Å². The molecule has 1 aliphatic carbocycles. The van der Waals surface area contributed by atoms with Crippen molar-refractivity contribution in [3.8, 4) is 0 Å². The van der Waals surface area contributed by atoms with Crippen molar-refractivity contribution in [3.05, 3.63) is 57.6 Å². The van der Waals surface area contributed by atoms with E-state index in [0.29, 0.717) is 0 Å². The summed E-state index contributed by atoms with van der Waals surface area (Å²) in [5, 5.41) is 18.9. The molecule has 12 nitrogen and oxygen atoms in total. The van der Waals surface area contributed by atoms with Crippen LogP contribution in [0.4, 0.5) is 0 Å². The predicted molar refractivity (Wildman–Crippen MR) is 93.3 cm³/mol. The third kappa shape index (κ3) is 2.98. The maximum Gasteiger partial charge on any atom is 0.338 e. The quantitative estimate of drug-likeness (QED) is 0.391. The van der Waals surface area contributed by atoms with Gasteiger partial charge in [0.2, 0.25) is 0 Å². The third-order valence-corrected chi connectivity index (χ3v) is 6.07. The molecule has 30 heavy (non-hydrogen) atoms. The number of hydrogen-bond donors (Lipinski definition) is 4. The van der Waals surface area contributed by atoms with Crippen LogP contribution in [0.15, 0.2) is 34.1 Å². The summed E-state index contributed by atoms with van der Waals surface area (Å²) in [4.78, 5) is 45.5. The van der Waals surface area contributed by atoms with Gasteiger partial charge in [-0.2, -0.15) is 16.8 Å². The summed E-state index contributed by atoms with van der Waals surface area (Å²) in [6.45, 7) is 0. The van der Waals surface area contributed by atoms with Crippen molar-refractivity contribution in [1.29, 1.82) is 0 Å². The molecule has 2 aromatic rings. The Hall–Kier alpha value is -3.46. The van der Waals surface area contributed by atoms with Gasteiger partial charge in [-0.3, -0.25) is 18.7 Å². The topological polar surface area (TPSA) is 217 Å². The van der Waals surface area contributed by atoms with Crippen molar-refractivity contribution in [2.75, 3.05) is 0 Å². The first-order valence-corrected chi connectivity index (χ1v) is 10.4. The molecule has 4 N–H and O–H groups in total. The molecule has 3 rings (SSSR count). The minimum Gasteiger partial charge on any atom is -0.478 e. The van der Waals surface area contributed by atoms with Gasteiger partial charge in [0, 0.05) is 11.1 Å². The molecule has 0 radical (unpaired) electrons. The van der Waals surface area contributed by atoms with Gasteiger partial charge < -0.3 is 10.2 Å². The molecule has 0 saturated heterocycles. The minimum absolute atomic E-state index is 0.428. The number of carbonyl (C=O) groups excluding carboxylic acids is 2. The Morgan fingerprint density at radius 2 is 1.07 bits per heavy atom. The number of aromatic carboxylic acids is 2. The summed E-state index contributed by atoms with van der Waals surface area (Å²) in [7, 11) is -11.5. The van der Waals surface area contributed by atoms with Gasteiger partial charge in [-0.15, -0.1) is 0 Å². The van der Waals surface area contributed by atoms with Crippen LogP contribution in [0, 0.1) is 0 Å². The second-order valence-corrected chi connectivity index (χ2v) is 8.64. The molecule has 0 spiro atoms. The molecule has 0 amide bonds. The molecule has 0 saturated carbocycles. The van der Waals surface area contributed by atoms with E-state index in [1.807, 2.05) is 0 Å². The lowest BCUT2D eigenvalue weighted by Crippen LogP contribution is -2.31. The largest absolute Gasteiger partial charge is 0.478 e. The predicted octanol–water partition coefficient (Wildman–Crippen LogP) is 0.352. The van der Waals surface area contributed by atoms with Gasteiger partial charge in [-0.25, -0.2) is 9.59 Å². The molecule has 2 aromatic carbocycles. The standard InChI is InChI=1S/C16H8O12S2/c17-11-5-3-1-2-4-6(5)12(18)8-7(11)9(15(19)20)14(30(26,27)28)10(16(21)22)13(8)29(23,24)25/h1-4H,(H,19,20)(H,21,22)(H,23,24,25)(H,26,27,28). The molecule has 0 heterocycles. The Bertz CT molecular complexity index is 1410. The number of carboxylic acids is 2. The fourth-order valence-corrected chi connectivity index (χ4v) is 5.07. The average molecular weight is 456 g/mol. The van der Waals surface area contributed by atoms with Crippen LogP contribution in [0.2, 0.25) is 0 Å². The average Bonchev–Trinajstić information content (AvgIpc) is 2.61. The van der Waals surface area contributed by atoms with Crippen LogP contribution in [0.3, 0.4) is 0 Å².